The van der Waals surface area contributed by atoms with Gasteiger partial charge < -0.3 is 14.4 Å². The van der Waals surface area contributed by atoms with E-state index in [4.69, 9.17) is 32.7 Å². The van der Waals surface area contributed by atoms with Crippen molar-refractivity contribution in [3.8, 4) is 0 Å². The van der Waals surface area contributed by atoms with E-state index in [0.717, 1.165) is 0 Å². The van der Waals surface area contributed by atoms with Crippen LogP contribution in [0.5, 0.6) is 0 Å². The summed E-state index contributed by atoms with van der Waals surface area (Å²) in [6, 6.07) is 6.81. The van der Waals surface area contributed by atoms with E-state index in [9.17, 15) is 14.4 Å². The summed E-state index contributed by atoms with van der Waals surface area (Å²) in [6.45, 7) is 8.91. The van der Waals surface area contributed by atoms with Crippen molar-refractivity contribution < 1.29 is 23.9 Å². The summed E-state index contributed by atoms with van der Waals surface area (Å²) in [6.07, 6.45) is -0.673. The lowest BCUT2D eigenvalue weighted by atomic mass is 9.85. The van der Waals surface area contributed by atoms with Crippen molar-refractivity contribution in [3.05, 3.63) is 52.5 Å². The highest BCUT2D eigenvalue weighted by Crippen LogP contribution is 2.48. The van der Waals surface area contributed by atoms with Crippen LogP contribution in [-0.2, 0) is 24.6 Å². The van der Waals surface area contributed by atoms with Crippen LogP contribution in [0.4, 0.5) is 10.5 Å². The quantitative estimate of drug-likeness (QED) is 0.573. The number of anilines is 1. The molecule has 0 fully saturated rings. The van der Waals surface area contributed by atoms with Crippen molar-refractivity contribution in [2.75, 3.05) is 11.4 Å². The smallest absolute Gasteiger partial charge is 0.408 e. The molecule has 0 saturated heterocycles. The molecule has 29 heavy (non-hydrogen) atoms. The Labute approximate surface area is 178 Å². The monoisotopic (exact) mass is 438 g/mol. The predicted molar refractivity (Wildman–Crippen MR) is 109 cm³/mol. The van der Waals surface area contributed by atoms with Gasteiger partial charge in [-0.15, -0.1) is 6.58 Å². The minimum Gasteiger partial charge on any atom is -0.449 e. The minimum absolute atomic E-state index is 0.170. The summed E-state index contributed by atoms with van der Waals surface area (Å²) >= 11 is 12.2. The summed E-state index contributed by atoms with van der Waals surface area (Å²) < 4.78 is 10.7. The first-order chi connectivity index (χ1) is 13.5. The number of para-hydroxylation sites is 1. The van der Waals surface area contributed by atoms with Gasteiger partial charge in [0, 0.05) is 12.1 Å². The number of nitrogens with one attached hydrogen (secondary N) is 1. The molecule has 0 saturated carbocycles. The standard InChI is InChI=1S/C20H20Cl2N2O5/c1-5-10-24-12-9-7-6-8-11(12)20(17(24)26,23-18(27)29-19(2,3)4)15-13(21)14(22)16(25)28-15/h5-9,15H,1,10H2,2-4H3,(H,23,27)/t15-,20+/m0/s1. The van der Waals surface area contributed by atoms with Crippen LogP contribution in [0.2, 0.25) is 0 Å². The molecular formula is C20H20Cl2N2O5. The topological polar surface area (TPSA) is 84.9 Å². The maximum atomic E-state index is 13.6. The molecule has 2 aliphatic rings. The fourth-order valence-electron chi connectivity index (χ4n) is 3.40. The lowest BCUT2D eigenvalue weighted by molar-refractivity contribution is -0.145. The highest BCUT2D eigenvalue weighted by molar-refractivity contribution is 6.49. The highest BCUT2D eigenvalue weighted by atomic mass is 35.5. The molecule has 1 aromatic rings. The minimum atomic E-state index is -1.84. The second kappa shape index (κ2) is 7.39. The number of hydrogen-bond acceptors (Lipinski definition) is 5. The number of benzene rings is 1. The van der Waals surface area contributed by atoms with Gasteiger partial charge in [-0.1, -0.05) is 47.5 Å². The summed E-state index contributed by atoms with van der Waals surface area (Å²) in [4.78, 5) is 39.8. The molecule has 0 radical (unpaired) electrons. The number of cyclic esters (lactones) is 1. The first-order valence-electron chi connectivity index (χ1n) is 8.82. The van der Waals surface area contributed by atoms with E-state index in [1.807, 2.05) is 0 Å². The Hall–Kier alpha value is -2.51. The molecule has 0 aromatic heterocycles. The molecule has 0 aliphatic carbocycles. The van der Waals surface area contributed by atoms with Gasteiger partial charge in [0.1, 0.15) is 10.6 Å². The molecule has 7 nitrogen and oxygen atoms in total. The molecule has 1 aromatic carbocycles. The normalized spacial score (nSPS) is 23.8. The van der Waals surface area contributed by atoms with Gasteiger partial charge in [0.25, 0.3) is 5.91 Å². The number of alkyl carbamates (subject to hydrolysis) is 1. The van der Waals surface area contributed by atoms with Gasteiger partial charge in [-0.3, -0.25) is 10.1 Å². The predicted octanol–water partition coefficient (Wildman–Crippen LogP) is 3.55. The number of hydrogen-bond donors (Lipinski definition) is 1. The van der Waals surface area contributed by atoms with Crippen LogP contribution < -0.4 is 10.2 Å². The molecule has 1 N–H and O–H groups in total. The molecular weight excluding hydrogens is 419 g/mol. The Bertz CT molecular complexity index is 937. The van der Waals surface area contributed by atoms with Crippen LogP contribution in [0.15, 0.2) is 47.0 Å². The SMILES string of the molecule is C=CCN1C(=O)[C@](NC(=O)OC(C)(C)C)([C@H]2OC(=O)C(Cl)=C2Cl)c2ccccc21. The molecule has 2 heterocycles. The maximum Gasteiger partial charge on any atom is 0.408 e. The second-order valence-corrected chi connectivity index (χ2v) is 8.39. The number of amides is 2. The number of esters is 1. The van der Waals surface area contributed by atoms with Gasteiger partial charge in [0.2, 0.25) is 0 Å². The Balaban J connectivity index is 2.19. The third kappa shape index (κ3) is 3.49. The Kier molecular flexibility index (Phi) is 5.40. The number of halogens is 2. The average molecular weight is 439 g/mol. The lowest BCUT2D eigenvalue weighted by Gasteiger charge is -2.34. The van der Waals surface area contributed by atoms with Gasteiger partial charge in [-0.05, 0) is 26.8 Å². The summed E-state index contributed by atoms with van der Waals surface area (Å²) in [5.41, 5.74) is -1.74. The average Bonchev–Trinajstić information content (AvgIpc) is 3.02. The zero-order chi connectivity index (χ0) is 21.6. The number of nitrogens with zero attached hydrogens (tertiary/aromatic N) is 1. The zero-order valence-corrected chi connectivity index (χ0v) is 17.6. The summed E-state index contributed by atoms with van der Waals surface area (Å²) in [5.74, 6) is -1.42. The maximum absolute atomic E-state index is 13.6. The van der Waals surface area contributed by atoms with Crippen LogP contribution in [0.1, 0.15) is 26.3 Å². The molecule has 0 unspecified atom stereocenters. The van der Waals surface area contributed by atoms with Gasteiger partial charge in [0.15, 0.2) is 11.6 Å². The summed E-state index contributed by atoms with van der Waals surface area (Å²) in [7, 11) is 0. The first kappa shape index (κ1) is 21.2. The largest absolute Gasteiger partial charge is 0.449 e. The van der Waals surface area contributed by atoms with Gasteiger partial charge in [-0.2, -0.15) is 0 Å². The van der Waals surface area contributed by atoms with E-state index in [-0.39, 0.29) is 16.6 Å². The van der Waals surface area contributed by atoms with Crippen molar-refractivity contribution in [2.45, 2.75) is 38.0 Å². The fourth-order valence-corrected chi connectivity index (χ4v) is 3.83. The number of rotatable bonds is 4. The Morgan fingerprint density at radius 2 is 2.00 bits per heavy atom. The number of fused-ring (bicyclic) bond motifs is 1. The second-order valence-electron chi connectivity index (χ2n) is 7.60. The molecule has 0 bridgehead atoms. The lowest BCUT2D eigenvalue weighted by Crippen LogP contribution is -2.61. The van der Waals surface area contributed by atoms with Crippen LogP contribution in [0, 0.1) is 0 Å². The first-order valence-corrected chi connectivity index (χ1v) is 9.58. The van der Waals surface area contributed by atoms with E-state index < -0.39 is 35.2 Å². The van der Waals surface area contributed by atoms with Gasteiger partial charge in [-0.25, -0.2) is 9.59 Å². The van der Waals surface area contributed by atoms with Crippen molar-refractivity contribution >= 4 is 46.9 Å². The van der Waals surface area contributed by atoms with Crippen molar-refractivity contribution in [1.29, 1.82) is 0 Å². The summed E-state index contributed by atoms with van der Waals surface area (Å²) in [5, 5.41) is 2.11. The van der Waals surface area contributed by atoms with Gasteiger partial charge in [0.05, 0.1) is 10.7 Å². The van der Waals surface area contributed by atoms with E-state index in [1.165, 1.54) is 4.90 Å². The van der Waals surface area contributed by atoms with E-state index in [2.05, 4.69) is 11.9 Å². The molecule has 154 valence electrons. The van der Waals surface area contributed by atoms with Gasteiger partial charge >= 0.3 is 12.1 Å². The third-order valence-corrected chi connectivity index (χ3v) is 5.29. The van der Waals surface area contributed by atoms with Crippen LogP contribution in [0.3, 0.4) is 0 Å². The van der Waals surface area contributed by atoms with Crippen LogP contribution in [-0.4, -0.2) is 36.2 Å². The Morgan fingerprint density at radius 3 is 2.55 bits per heavy atom. The van der Waals surface area contributed by atoms with E-state index in [1.54, 1.807) is 51.1 Å². The number of carbonyl (C=O) groups is 3. The van der Waals surface area contributed by atoms with Crippen LogP contribution in [0.25, 0.3) is 0 Å². The number of ether oxygens (including phenoxy) is 2. The number of carbonyl (C=O) groups excluding carboxylic acids is 3. The van der Waals surface area contributed by atoms with E-state index in [0.29, 0.717) is 11.3 Å². The fraction of sp³-hybridized carbons (Fsp3) is 0.350. The molecule has 3 rings (SSSR count). The van der Waals surface area contributed by atoms with Crippen molar-refractivity contribution in [3.63, 3.8) is 0 Å². The highest BCUT2D eigenvalue weighted by Gasteiger charge is 2.62. The Morgan fingerprint density at radius 1 is 1.34 bits per heavy atom. The molecule has 0 spiro atoms. The zero-order valence-electron chi connectivity index (χ0n) is 16.1. The molecule has 2 aliphatic heterocycles. The van der Waals surface area contributed by atoms with Crippen molar-refractivity contribution in [1.82, 2.24) is 5.32 Å². The van der Waals surface area contributed by atoms with E-state index >= 15 is 0 Å². The molecule has 9 heteroatoms. The molecule has 2 amide bonds. The van der Waals surface area contributed by atoms with Crippen molar-refractivity contribution in [2.24, 2.45) is 0 Å². The van der Waals surface area contributed by atoms with Crippen LogP contribution >= 0.6 is 23.2 Å². The molecule has 2 atom stereocenters. The third-order valence-electron chi connectivity index (χ3n) is 4.45.